The van der Waals surface area contributed by atoms with E-state index in [1.165, 1.54) is 6.92 Å². The Labute approximate surface area is 160 Å². The van der Waals surface area contributed by atoms with Crippen LogP contribution in [-0.4, -0.2) is 35.8 Å². The van der Waals surface area contributed by atoms with Crippen LogP contribution in [0.15, 0.2) is 30.3 Å². The summed E-state index contributed by atoms with van der Waals surface area (Å²) in [6.45, 7) is 10.2. The van der Waals surface area contributed by atoms with Gasteiger partial charge < -0.3 is 19.5 Å². The highest BCUT2D eigenvalue weighted by Gasteiger charge is 2.32. The standard InChI is InChI=1S/C20H29NO6/c1-13(2)16(18(23)27-20(4,5)6)26-17(22)14(3)21-19(24)25-12-15-10-8-7-9-11-15/h7-11,13-14,16H,12H2,1-6H3,(H,21,24)/t14-,16+/m1/s1. The Kier molecular flexibility index (Phi) is 8.28. The number of carbonyl (C=O) groups is 3. The van der Waals surface area contributed by atoms with E-state index in [1.807, 2.05) is 30.3 Å². The van der Waals surface area contributed by atoms with Gasteiger partial charge in [0.2, 0.25) is 6.10 Å². The van der Waals surface area contributed by atoms with Gasteiger partial charge in [0, 0.05) is 5.92 Å². The minimum atomic E-state index is -1.05. The monoisotopic (exact) mass is 379 g/mol. The largest absolute Gasteiger partial charge is 0.457 e. The van der Waals surface area contributed by atoms with Crippen LogP contribution >= 0.6 is 0 Å². The molecule has 0 aromatic heterocycles. The number of benzene rings is 1. The van der Waals surface area contributed by atoms with Crippen LogP contribution < -0.4 is 5.32 Å². The average Bonchev–Trinajstić information content (AvgIpc) is 2.56. The molecule has 0 radical (unpaired) electrons. The zero-order chi connectivity index (χ0) is 20.6. The van der Waals surface area contributed by atoms with Crippen LogP contribution in [-0.2, 0) is 30.4 Å². The summed E-state index contributed by atoms with van der Waals surface area (Å²) >= 11 is 0. The first kappa shape index (κ1) is 22.5. The molecule has 2 atom stereocenters. The molecule has 150 valence electrons. The van der Waals surface area contributed by atoms with Crippen LogP contribution in [0.2, 0.25) is 0 Å². The lowest BCUT2D eigenvalue weighted by molar-refractivity contribution is -0.179. The molecular weight excluding hydrogens is 350 g/mol. The molecular formula is C20H29NO6. The van der Waals surface area contributed by atoms with Gasteiger partial charge in [-0.1, -0.05) is 44.2 Å². The molecule has 0 spiro atoms. The van der Waals surface area contributed by atoms with Crippen LogP contribution in [0.4, 0.5) is 4.79 Å². The summed E-state index contributed by atoms with van der Waals surface area (Å²) in [7, 11) is 0. The van der Waals surface area contributed by atoms with Crippen molar-refractivity contribution in [3.8, 4) is 0 Å². The maximum absolute atomic E-state index is 12.2. The van der Waals surface area contributed by atoms with Crippen molar-refractivity contribution in [2.45, 2.75) is 65.9 Å². The number of hydrogen-bond donors (Lipinski definition) is 1. The number of alkyl carbamates (subject to hydrolysis) is 1. The van der Waals surface area contributed by atoms with E-state index in [0.717, 1.165) is 5.56 Å². The fraction of sp³-hybridized carbons (Fsp3) is 0.550. The maximum atomic E-state index is 12.2. The normalized spacial score (nSPS) is 13.4. The second-order valence-corrected chi connectivity index (χ2v) is 7.56. The Morgan fingerprint density at radius 1 is 1.00 bits per heavy atom. The zero-order valence-corrected chi connectivity index (χ0v) is 16.8. The summed E-state index contributed by atoms with van der Waals surface area (Å²) in [6, 6.07) is 8.19. The van der Waals surface area contributed by atoms with E-state index < -0.39 is 35.8 Å². The predicted molar refractivity (Wildman–Crippen MR) is 99.8 cm³/mol. The van der Waals surface area contributed by atoms with E-state index in [9.17, 15) is 14.4 Å². The van der Waals surface area contributed by atoms with Crippen molar-refractivity contribution in [2.24, 2.45) is 5.92 Å². The minimum Gasteiger partial charge on any atom is -0.457 e. The second kappa shape index (κ2) is 9.94. The number of carbonyl (C=O) groups excluding carboxylic acids is 3. The average molecular weight is 379 g/mol. The lowest BCUT2D eigenvalue weighted by atomic mass is 10.1. The number of ether oxygens (including phenoxy) is 3. The van der Waals surface area contributed by atoms with E-state index in [-0.39, 0.29) is 12.5 Å². The summed E-state index contributed by atoms with van der Waals surface area (Å²) in [4.78, 5) is 36.3. The van der Waals surface area contributed by atoms with Crippen molar-refractivity contribution < 1.29 is 28.6 Å². The zero-order valence-electron chi connectivity index (χ0n) is 16.8. The van der Waals surface area contributed by atoms with Crippen LogP contribution in [0.3, 0.4) is 0 Å². The van der Waals surface area contributed by atoms with Gasteiger partial charge in [0.05, 0.1) is 0 Å². The SMILES string of the molecule is CC(C)[C@H](OC(=O)[C@@H](C)NC(=O)OCc1ccccc1)C(=O)OC(C)(C)C. The molecule has 1 rings (SSSR count). The molecule has 0 saturated carbocycles. The molecule has 0 unspecified atom stereocenters. The van der Waals surface area contributed by atoms with Crippen molar-refractivity contribution in [1.29, 1.82) is 0 Å². The molecule has 0 aliphatic carbocycles. The first-order chi connectivity index (χ1) is 12.5. The lowest BCUT2D eigenvalue weighted by Crippen LogP contribution is -2.44. The Morgan fingerprint density at radius 2 is 1.59 bits per heavy atom. The predicted octanol–water partition coefficient (Wildman–Crippen LogP) is 3.21. The summed E-state index contributed by atoms with van der Waals surface area (Å²) in [6.07, 6.45) is -1.80. The molecule has 7 nitrogen and oxygen atoms in total. The fourth-order valence-corrected chi connectivity index (χ4v) is 2.04. The molecule has 1 aromatic carbocycles. The Hall–Kier alpha value is -2.57. The molecule has 1 aromatic rings. The molecule has 0 aliphatic heterocycles. The van der Waals surface area contributed by atoms with Gasteiger partial charge in [0.25, 0.3) is 0 Å². The van der Waals surface area contributed by atoms with Gasteiger partial charge in [0.1, 0.15) is 18.2 Å². The highest BCUT2D eigenvalue weighted by Crippen LogP contribution is 2.15. The quantitative estimate of drug-likeness (QED) is 0.578. The summed E-state index contributed by atoms with van der Waals surface area (Å²) in [5, 5.41) is 2.39. The maximum Gasteiger partial charge on any atom is 0.408 e. The van der Waals surface area contributed by atoms with Crippen molar-refractivity contribution >= 4 is 18.0 Å². The lowest BCUT2D eigenvalue weighted by Gasteiger charge is -2.26. The van der Waals surface area contributed by atoms with Crippen molar-refractivity contribution in [2.75, 3.05) is 0 Å². The van der Waals surface area contributed by atoms with E-state index >= 15 is 0 Å². The Balaban J connectivity index is 2.55. The van der Waals surface area contributed by atoms with Gasteiger partial charge in [-0.15, -0.1) is 0 Å². The summed E-state index contributed by atoms with van der Waals surface area (Å²) < 4.78 is 15.6. The molecule has 1 N–H and O–H groups in total. The third-order valence-corrected chi connectivity index (χ3v) is 3.39. The van der Waals surface area contributed by atoms with E-state index in [2.05, 4.69) is 5.32 Å². The van der Waals surface area contributed by atoms with Crippen molar-refractivity contribution in [1.82, 2.24) is 5.32 Å². The van der Waals surface area contributed by atoms with Gasteiger partial charge in [-0.2, -0.15) is 0 Å². The van der Waals surface area contributed by atoms with Gasteiger partial charge in [0.15, 0.2) is 0 Å². The smallest absolute Gasteiger partial charge is 0.408 e. The minimum absolute atomic E-state index is 0.0843. The topological polar surface area (TPSA) is 90.9 Å². The Bertz CT molecular complexity index is 636. The van der Waals surface area contributed by atoms with Crippen molar-refractivity contribution in [3.05, 3.63) is 35.9 Å². The fourth-order valence-electron chi connectivity index (χ4n) is 2.04. The van der Waals surface area contributed by atoms with Crippen LogP contribution in [0.5, 0.6) is 0 Å². The second-order valence-electron chi connectivity index (χ2n) is 7.56. The molecule has 7 heteroatoms. The number of hydrogen-bond acceptors (Lipinski definition) is 6. The van der Waals surface area contributed by atoms with Crippen molar-refractivity contribution in [3.63, 3.8) is 0 Å². The molecule has 1 amide bonds. The van der Waals surface area contributed by atoms with Crippen LogP contribution in [0, 0.1) is 5.92 Å². The molecule has 0 heterocycles. The van der Waals surface area contributed by atoms with Crippen LogP contribution in [0.25, 0.3) is 0 Å². The number of amides is 1. The third kappa shape index (κ3) is 8.57. The van der Waals surface area contributed by atoms with Crippen LogP contribution in [0.1, 0.15) is 47.1 Å². The van der Waals surface area contributed by atoms with E-state index in [1.54, 1.807) is 34.6 Å². The van der Waals surface area contributed by atoms with Gasteiger partial charge in [-0.3, -0.25) is 0 Å². The van der Waals surface area contributed by atoms with E-state index in [0.29, 0.717) is 0 Å². The van der Waals surface area contributed by atoms with Gasteiger partial charge in [-0.25, -0.2) is 14.4 Å². The first-order valence-corrected chi connectivity index (χ1v) is 8.90. The molecule has 0 fully saturated rings. The third-order valence-electron chi connectivity index (χ3n) is 3.39. The summed E-state index contributed by atoms with van der Waals surface area (Å²) in [5.74, 6) is -1.64. The molecule has 0 aliphatic rings. The highest BCUT2D eigenvalue weighted by molar-refractivity contribution is 5.84. The molecule has 0 saturated heterocycles. The first-order valence-electron chi connectivity index (χ1n) is 8.90. The molecule has 27 heavy (non-hydrogen) atoms. The Morgan fingerprint density at radius 3 is 2.11 bits per heavy atom. The summed E-state index contributed by atoms with van der Waals surface area (Å²) in [5.41, 5.74) is 0.134. The van der Waals surface area contributed by atoms with E-state index in [4.69, 9.17) is 14.2 Å². The highest BCUT2D eigenvalue weighted by atomic mass is 16.6. The number of nitrogens with one attached hydrogen (secondary N) is 1. The number of rotatable bonds is 7. The van der Waals surface area contributed by atoms with Gasteiger partial charge >= 0.3 is 18.0 Å². The van der Waals surface area contributed by atoms with Gasteiger partial charge in [-0.05, 0) is 33.3 Å². The number of esters is 2. The molecule has 0 bridgehead atoms.